The third-order valence-electron chi connectivity index (χ3n) is 2.11. The van der Waals surface area contributed by atoms with Crippen molar-refractivity contribution < 1.29 is 15.0 Å². The van der Waals surface area contributed by atoms with E-state index in [2.05, 4.69) is 0 Å². The van der Waals surface area contributed by atoms with E-state index in [-0.39, 0.29) is 12.2 Å². The quantitative estimate of drug-likeness (QED) is 0.768. The van der Waals surface area contributed by atoms with Crippen molar-refractivity contribution in [3.05, 3.63) is 34.9 Å². The molecule has 0 radical (unpaired) electrons. The molecule has 1 aromatic carbocycles. The first-order valence-electron chi connectivity index (χ1n) is 4.65. The molecule has 1 aromatic rings. The maximum absolute atomic E-state index is 10.8. The Morgan fingerprint density at radius 3 is 2.64 bits per heavy atom. The lowest BCUT2D eigenvalue weighted by Gasteiger charge is -2.05. The Hall–Kier alpha value is -1.35. The van der Waals surface area contributed by atoms with Crippen LogP contribution in [0, 0.1) is 0 Å². The van der Waals surface area contributed by atoms with Crippen molar-refractivity contribution in [2.24, 2.45) is 0 Å². The number of carbonyl (C=O) groups is 1. The van der Waals surface area contributed by atoms with E-state index >= 15 is 0 Å². The minimum atomic E-state index is -0.980. The molecular weight excluding hydrogens is 180 g/mol. The fourth-order valence-corrected chi connectivity index (χ4v) is 1.40. The zero-order valence-corrected chi connectivity index (χ0v) is 8.16. The molecule has 0 saturated carbocycles. The van der Waals surface area contributed by atoms with Crippen LogP contribution in [0.4, 0.5) is 0 Å². The summed E-state index contributed by atoms with van der Waals surface area (Å²) in [5, 5.41) is 17.8. The number of rotatable bonds is 4. The van der Waals surface area contributed by atoms with Gasteiger partial charge in [-0.25, -0.2) is 4.79 Å². The van der Waals surface area contributed by atoms with Crippen molar-refractivity contribution >= 4 is 5.97 Å². The highest BCUT2D eigenvalue weighted by molar-refractivity contribution is 5.89. The lowest BCUT2D eigenvalue weighted by atomic mass is 10.0. The summed E-state index contributed by atoms with van der Waals surface area (Å²) in [6.07, 6.45) is 1.85. The van der Waals surface area contributed by atoms with E-state index in [0.29, 0.717) is 5.56 Å². The second-order valence-electron chi connectivity index (χ2n) is 3.20. The molecule has 2 N–H and O–H groups in total. The second kappa shape index (κ2) is 4.77. The van der Waals surface area contributed by atoms with Crippen molar-refractivity contribution in [1.29, 1.82) is 0 Å². The standard InChI is InChI=1S/C11H14O3/c1-2-3-8-4-5-9(7-12)10(6-8)11(13)14/h4-6,12H,2-3,7H2,1H3,(H,13,14). The third-order valence-corrected chi connectivity index (χ3v) is 2.11. The number of benzene rings is 1. The predicted molar refractivity (Wildman–Crippen MR) is 53.3 cm³/mol. The Kier molecular flexibility index (Phi) is 3.65. The molecule has 0 fully saturated rings. The zero-order chi connectivity index (χ0) is 10.6. The smallest absolute Gasteiger partial charge is 0.336 e. The monoisotopic (exact) mass is 194 g/mol. The van der Waals surface area contributed by atoms with Crippen molar-refractivity contribution in [2.75, 3.05) is 0 Å². The van der Waals surface area contributed by atoms with E-state index in [1.54, 1.807) is 12.1 Å². The van der Waals surface area contributed by atoms with E-state index in [9.17, 15) is 4.79 Å². The maximum atomic E-state index is 10.8. The number of aliphatic hydroxyl groups is 1. The van der Waals surface area contributed by atoms with Gasteiger partial charge in [0.2, 0.25) is 0 Å². The molecule has 76 valence electrons. The van der Waals surface area contributed by atoms with E-state index in [4.69, 9.17) is 10.2 Å². The third kappa shape index (κ3) is 2.33. The van der Waals surface area contributed by atoms with Gasteiger partial charge in [-0.2, -0.15) is 0 Å². The summed E-state index contributed by atoms with van der Waals surface area (Å²) in [5.41, 5.74) is 1.68. The average molecular weight is 194 g/mol. The first-order valence-corrected chi connectivity index (χ1v) is 4.65. The lowest BCUT2D eigenvalue weighted by molar-refractivity contribution is 0.0693. The van der Waals surface area contributed by atoms with Crippen molar-refractivity contribution in [3.63, 3.8) is 0 Å². The molecule has 0 amide bonds. The van der Waals surface area contributed by atoms with Gasteiger partial charge in [0, 0.05) is 0 Å². The van der Waals surface area contributed by atoms with Crippen LogP contribution in [0.3, 0.4) is 0 Å². The molecule has 0 aliphatic heterocycles. The summed E-state index contributed by atoms with van der Waals surface area (Å²) in [7, 11) is 0. The second-order valence-corrected chi connectivity index (χ2v) is 3.20. The number of hydrogen-bond acceptors (Lipinski definition) is 2. The zero-order valence-electron chi connectivity index (χ0n) is 8.16. The predicted octanol–water partition coefficient (Wildman–Crippen LogP) is 1.83. The van der Waals surface area contributed by atoms with Crippen molar-refractivity contribution in [3.8, 4) is 0 Å². The van der Waals surface area contributed by atoms with Gasteiger partial charge in [-0.15, -0.1) is 0 Å². The van der Waals surface area contributed by atoms with Gasteiger partial charge in [-0.05, 0) is 23.6 Å². The number of aromatic carboxylic acids is 1. The summed E-state index contributed by atoms with van der Waals surface area (Å²) in [5.74, 6) is -0.980. The van der Waals surface area contributed by atoms with Gasteiger partial charge in [0.1, 0.15) is 0 Å². The first kappa shape index (κ1) is 10.7. The Morgan fingerprint density at radius 2 is 2.14 bits per heavy atom. The van der Waals surface area contributed by atoms with Crippen LogP contribution in [0.5, 0.6) is 0 Å². The summed E-state index contributed by atoms with van der Waals surface area (Å²) in [6, 6.07) is 5.17. The van der Waals surface area contributed by atoms with E-state index in [1.165, 1.54) is 0 Å². The Labute approximate surface area is 83.0 Å². The highest BCUT2D eigenvalue weighted by Crippen LogP contribution is 2.13. The fourth-order valence-electron chi connectivity index (χ4n) is 1.40. The summed E-state index contributed by atoms with van der Waals surface area (Å²) >= 11 is 0. The topological polar surface area (TPSA) is 57.5 Å². The molecule has 3 nitrogen and oxygen atoms in total. The molecular formula is C11H14O3. The van der Waals surface area contributed by atoms with Gasteiger partial charge < -0.3 is 10.2 Å². The van der Waals surface area contributed by atoms with Gasteiger partial charge in [-0.3, -0.25) is 0 Å². The Morgan fingerprint density at radius 1 is 1.43 bits per heavy atom. The number of aryl methyl sites for hydroxylation is 1. The highest BCUT2D eigenvalue weighted by atomic mass is 16.4. The van der Waals surface area contributed by atoms with E-state index in [1.807, 2.05) is 13.0 Å². The molecule has 0 unspecified atom stereocenters. The van der Waals surface area contributed by atoms with Crippen LogP contribution in [0.15, 0.2) is 18.2 Å². The molecule has 3 heteroatoms. The summed E-state index contributed by atoms with van der Waals surface area (Å²) in [6.45, 7) is 1.81. The minimum absolute atomic E-state index is 0.207. The van der Waals surface area contributed by atoms with Crippen LogP contribution < -0.4 is 0 Å². The van der Waals surface area contributed by atoms with Crippen LogP contribution >= 0.6 is 0 Å². The van der Waals surface area contributed by atoms with Crippen LogP contribution in [0.1, 0.15) is 34.8 Å². The van der Waals surface area contributed by atoms with Gasteiger partial charge >= 0.3 is 5.97 Å². The molecule has 0 atom stereocenters. The molecule has 0 aliphatic carbocycles. The lowest BCUT2D eigenvalue weighted by Crippen LogP contribution is -2.03. The Bertz CT molecular complexity index is 331. The van der Waals surface area contributed by atoms with Crippen LogP contribution in [0.25, 0.3) is 0 Å². The van der Waals surface area contributed by atoms with Crippen LogP contribution in [-0.4, -0.2) is 16.2 Å². The van der Waals surface area contributed by atoms with Gasteiger partial charge in [0.25, 0.3) is 0 Å². The average Bonchev–Trinajstić information content (AvgIpc) is 2.18. The normalized spacial score (nSPS) is 10.1. The summed E-state index contributed by atoms with van der Waals surface area (Å²) < 4.78 is 0. The molecule has 0 aliphatic rings. The van der Waals surface area contributed by atoms with Crippen molar-refractivity contribution in [2.45, 2.75) is 26.4 Å². The number of carboxylic acids is 1. The minimum Gasteiger partial charge on any atom is -0.478 e. The fraction of sp³-hybridized carbons (Fsp3) is 0.364. The highest BCUT2D eigenvalue weighted by Gasteiger charge is 2.09. The largest absolute Gasteiger partial charge is 0.478 e. The Balaban J connectivity index is 3.07. The van der Waals surface area contributed by atoms with E-state index in [0.717, 1.165) is 18.4 Å². The van der Waals surface area contributed by atoms with Crippen molar-refractivity contribution in [1.82, 2.24) is 0 Å². The molecule has 0 bridgehead atoms. The molecule has 14 heavy (non-hydrogen) atoms. The van der Waals surface area contributed by atoms with E-state index < -0.39 is 5.97 Å². The molecule has 0 heterocycles. The van der Waals surface area contributed by atoms with Gasteiger partial charge in [0.15, 0.2) is 0 Å². The maximum Gasteiger partial charge on any atom is 0.336 e. The molecule has 0 spiro atoms. The van der Waals surface area contributed by atoms with Crippen LogP contribution in [0.2, 0.25) is 0 Å². The molecule has 0 saturated heterocycles. The number of hydrogen-bond donors (Lipinski definition) is 2. The SMILES string of the molecule is CCCc1ccc(CO)c(C(=O)O)c1. The van der Waals surface area contributed by atoms with Crippen LogP contribution in [-0.2, 0) is 13.0 Å². The summed E-state index contributed by atoms with van der Waals surface area (Å²) in [4.78, 5) is 10.8. The molecule has 1 rings (SSSR count). The first-order chi connectivity index (χ1) is 6.69. The van der Waals surface area contributed by atoms with Gasteiger partial charge in [0.05, 0.1) is 12.2 Å². The number of aliphatic hydroxyl groups excluding tert-OH is 1. The molecule has 0 aromatic heterocycles. The van der Waals surface area contributed by atoms with Gasteiger partial charge in [-0.1, -0.05) is 25.5 Å². The number of carboxylic acid groups (broad SMARTS) is 1.